The van der Waals surface area contributed by atoms with Crippen molar-refractivity contribution in [2.75, 3.05) is 0 Å². The topological polar surface area (TPSA) is 34.1 Å². The van der Waals surface area contributed by atoms with Gasteiger partial charge in [-0.3, -0.25) is 0 Å². The zero-order valence-corrected chi connectivity index (χ0v) is 13.0. The molecule has 1 aliphatic carbocycles. The van der Waals surface area contributed by atoms with Gasteiger partial charge in [-0.1, -0.05) is 38.5 Å². The monoisotopic (exact) mass is 278 g/mol. The van der Waals surface area contributed by atoms with Gasteiger partial charge in [-0.25, -0.2) is 8.42 Å². The summed E-state index contributed by atoms with van der Waals surface area (Å²) >= 11 is 0. The highest BCUT2D eigenvalue weighted by Gasteiger charge is 2.60. The predicted molar refractivity (Wildman–Crippen MR) is 77.1 cm³/mol. The smallest absolute Gasteiger partial charge is 0.184 e. The first-order chi connectivity index (χ1) is 8.72. The van der Waals surface area contributed by atoms with E-state index in [1.165, 1.54) is 0 Å². The van der Waals surface area contributed by atoms with Crippen LogP contribution < -0.4 is 0 Å². The van der Waals surface area contributed by atoms with E-state index in [1.807, 2.05) is 32.0 Å². The van der Waals surface area contributed by atoms with E-state index in [0.29, 0.717) is 4.90 Å². The van der Waals surface area contributed by atoms with Gasteiger partial charge in [0.25, 0.3) is 0 Å². The van der Waals surface area contributed by atoms with Gasteiger partial charge in [-0.2, -0.15) is 0 Å². The number of fused-ring (bicyclic) bond motifs is 3. The van der Waals surface area contributed by atoms with Crippen LogP contribution in [0.25, 0.3) is 0 Å². The minimum Gasteiger partial charge on any atom is -0.223 e. The lowest BCUT2D eigenvalue weighted by molar-refractivity contribution is 0.164. The summed E-state index contributed by atoms with van der Waals surface area (Å²) in [6.45, 7) is 8.33. The van der Waals surface area contributed by atoms with Crippen LogP contribution in [0.5, 0.6) is 0 Å². The van der Waals surface area contributed by atoms with E-state index in [2.05, 4.69) is 13.8 Å². The van der Waals surface area contributed by atoms with Crippen molar-refractivity contribution in [1.82, 2.24) is 0 Å². The summed E-state index contributed by atoms with van der Waals surface area (Å²) in [6, 6.07) is 5.95. The standard InChI is InChI=1S/C16H22O2S/c1-11-7-5-8-12-13(11)19(17,18)16(4)10-6-9-15(2,3)14(12)16/h5,7-8,14H,6,9-10H2,1-4H3. The van der Waals surface area contributed by atoms with Crippen LogP contribution in [0.3, 0.4) is 0 Å². The maximum absolute atomic E-state index is 13.0. The van der Waals surface area contributed by atoms with Crippen molar-refractivity contribution < 1.29 is 8.42 Å². The molecule has 0 amide bonds. The fraction of sp³-hybridized carbons (Fsp3) is 0.625. The summed E-state index contributed by atoms with van der Waals surface area (Å²) in [7, 11) is -3.21. The Bertz CT molecular complexity index is 643. The lowest BCUT2D eigenvalue weighted by Crippen LogP contribution is -2.45. The van der Waals surface area contributed by atoms with Crippen LogP contribution >= 0.6 is 0 Å². The van der Waals surface area contributed by atoms with Gasteiger partial charge in [0.05, 0.1) is 9.64 Å². The third-order valence-corrected chi connectivity index (χ3v) is 8.09. The minimum absolute atomic E-state index is 0.0547. The molecular weight excluding hydrogens is 256 g/mol. The Kier molecular flexibility index (Phi) is 2.52. The number of rotatable bonds is 0. The van der Waals surface area contributed by atoms with Crippen molar-refractivity contribution in [2.24, 2.45) is 5.41 Å². The van der Waals surface area contributed by atoms with Crippen LogP contribution in [-0.2, 0) is 9.84 Å². The van der Waals surface area contributed by atoms with Crippen LogP contribution in [0.2, 0.25) is 0 Å². The van der Waals surface area contributed by atoms with Crippen molar-refractivity contribution in [1.29, 1.82) is 0 Å². The molecule has 1 aromatic carbocycles. The first-order valence-corrected chi connectivity index (χ1v) is 8.54. The second kappa shape index (κ2) is 3.63. The van der Waals surface area contributed by atoms with Gasteiger partial charge in [0.2, 0.25) is 0 Å². The molecule has 1 aliphatic heterocycles. The molecule has 3 rings (SSSR count). The molecule has 0 N–H and O–H groups in total. The molecule has 0 spiro atoms. The van der Waals surface area contributed by atoms with Crippen molar-refractivity contribution in [2.45, 2.75) is 62.5 Å². The molecule has 1 aromatic rings. The lowest BCUT2D eigenvalue weighted by atomic mass is 9.61. The average Bonchev–Trinajstić information content (AvgIpc) is 2.45. The minimum atomic E-state index is -3.21. The summed E-state index contributed by atoms with van der Waals surface area (Å²) in [4.78, 5) is 0.623. The molecule has 1 fully saturated rings. The molecule has 1 saturated carbocycles. The fourth-order valence-electron chi connectivity index (χ4n) is 4.55. The summed E-state index contributed by atoms with van der Waals surface area (Å²) in [5.74, 6) is 0.133. The molecule has 2 atom stereocenters. The van der Waals surface area contributed by atoms with E-state index >= 15 is 0 Å². The fourth-order valence-corrected chi connectivity index (χ4v) is 7.18. The van der Waals surface area contributed by atoms with E-state index in [0.717, 1.165) is 30.4 Å². The van der Waals surface area contributed by atoms with Crippen LogP contribution in [0.4, 0.5) is 0 Å². The molecule has 2 nitrogen and oxygen atoms in total. The van der Waals surface area contributed by atoms with Crippen LogP contribution in [0.1, 0.15) is 57.1 Å². The van der Waals surface area contributed by atoms with Crippen molar-refractivity contribution in [3.05, 3.63) is 29.3 Å². The Hall–Kier alpha value is -0.830. The first-order valence-electron chi connectivity index (χ1n) is 7.06. The SMILES string of the molecule is Cc1cccc2c1S(=O)(=O)C1(C)CCCC(C)(C)C21. The van der Waals surface area contributed by atoms with Crippen LogP contribution in [0, 0.1) is 12.3 Å². The van der Waals surface area contributed by atoms with Crippen LogP contribution in [0.15, 0.2) is 23.1 Å². The third-order valence-electron chi connectivity index (χ3n) is 5.32. The summed E-state index contributed by atoms with van der Waals surface area (Å²) in [5.41, 5.74) is 2.02. The Labute approximate surface area is 116 Å². The Morgan fingerprint density at radius 3 is 2.53 bits per heavy atom. The van der Waals surface area contributed by atoms with Crippen molar-refractivity contribution >= 4 is 9.84 Å². The third kappa shape index (κ3) is 1.45. The summed E-state index contributed by atoms with van der Waals surface area (Å²) in [6.07, 6.45) is 2.90. The van der Waals surface area contributed by atoms with Gasteiger partial charge in [0.1, 0.15) is 0 Å². The van der Waals surface area contributed by atoms with Gasteiger partial charge in [0, 0.05) is 5.92 Å². The molecule has 0 radical (unpaired) electrons. The van der Waals surface area contributed by atoms with Gasteiger partial charge in [-0.15, -0.1) is 0 Å². The molecule has 0 bridgehead atoms. The maximum Gasteiger partial charge on any atom is 0.184 e. The zero-order valence-electron chi connectivity index (χ0n) is 12.2. The molecule has 0 aromatic heterocycles. The van der Waals surface area contributed by atoms with E-state index in [4.69, 9.17) is 0 Å². The second-order valence-corrected chi connectivity index (χ2v) is 9.43. The molecule has 104 valence electrons. The maximum atomic E-state index is 13.0. The first kappa shape index (κ1) is 13.2. The number of hydrogen-bond donors (Lipinski definition) is 0. The molecular formula is C16H22O2S. The molecule has 2 unspecified atom stereocenters. The Morgan fingerprint density at radius 2 is 1.84 bits per heavy atom. The van der Waals surface area contributed by atoms with E-state index in [-0.39, 0.29) is 11.3 Å². The summed E-state index contributed by atoms with van der Waals surface area (Å²) in [5, 5.41) is 0. The molecule has 0 saturated heterocycles. The largest absolute Gasteiger partial charge is 0.223 e. The highest BCUT2D eigenvalue weighted by molar-refractivity contribution is 7.93. The number of benzene rings is 1. The van der Waals surface area contributed by atoms with Crippen molar-refractivity contribution in [3.63, 3.8) is 0 Å². The van der Waals surface area contributed by atoms with Crippen LogP contribution in [-0.4, -0.2) is 13.2 Å². The van der Waals surface area contributed by atoms with Gasteiger partial charge >= 0.3 is 0 Å². The Balaban J connectivity index is 2.38. The quantitative estimate of drug-likeness (QED) is 0.722. The van der Waals surface area contributed by atoms with Crippen molar-refractivity contribution in [3.8, 4) is 0 Å². The lowest BCUT2D eigenvalue weighted by Gasteiger charge is -2.46. The highest BCUT2D eigenvalue weighted by atomic mass is 32.2. The number of hydrogen-bond acceptors (Lipinski definition) is 2. The average molecular weight is 278 g/mol. The predicted octanol–water partition coefficient (Wildman–Crippen LogP) is 3.83. The van der Waals surface area contributed by atoms with E-state index in [9.17, 15) is 8.42 Å². The normalized spacial score (nSPS) is 34.6. The zero-order chi connectivity index (χ0) is 14.1. The molecule has 3 heteroatoms. The van der Waals surface area contributed by atoms with E-state index < -0.39 is 14.6 Å². The second-order valence-electron chi connectivity index (χ2n) is 7.08. The molecule has 19 heavy (non-hydrogen) atoms. The molecule has 2 aliphatic rings. The van der Waals surface area contributed by atoms with E-state index in [1.54, 1.807) is 0 Å². The van der Waals surface area contributed by atoms with Gasteiger partial charge in [0.15, 0.2) is 9.84 Å². The molecule has 1 heterocycles. The number of sulfone groups is 1. The van der Waals surface area contributed by atoms with Gasteiger partial charge < -0.3 is 0 Å². The highest BCUT2D eigenvalue weighted by Crippen LogP contribution is 2.62. The Morgan fingerprint density at radius 1 is 1.16 bits per heavy atom. The van der Waals surface area contributed by atoms with Gasteiger partial charge in [-0.05, 0) is 43.2 Å². The number of aryl methyl sites for hydroxylation is 1. The summed E-state index contributed by atoms with van der Waals surface area (Å²) < 4.78 is 25.5.